The molecule has 1 N–H and O–H groups in total. The Hall–Kier alpha value is -2.67. The van der Waals surface area contributed by atoms with Crippen molar-refractivity contribution >= 4 is 35.0 Å². The molecule has 1 aromatic heterocycles. The number of hydrogen-bond acceptors (Lipinski definition) is 5. The minimum absolute atomic E-state index is 0.111. The van der Waals surface area contributed by atoms with E-state index in [2.05, 4.69) is 14.7 Å². The number of thioether (sulfide) groups is 1. The number of nitrogens with one attached hydrogen (secondary N) is 1. The highest BCUT2D eigenvalue weighted by Crippen LogP contribution is 2.31. The largest absolute Gasteiger partial charge is 0.573 e. The summed E-state index contributed by atoms with van der Waals surface area (Å²) in [6.45, 7) is 0. The highest BCUT2D eigenvalue weighted by atomic mass is 35.5. The van der Waals surface area contributed by atoms with Crippen molar-refractivity contribution in [3.05, 3.63) is 74.0 Å². The Bertz CT molecular complexity index is 1180. The monoisotopic (exact) mass is 471 g/mol. The van der Waals surface area contributed by atoms with E-state index in [1.807, 2.05) is 6.07 Å². The molecule has 0 radical (unpaired) electrons. The molecule has 0 saturated heterocycles. The molecule has 2 aromatic carbocycles. The molecule has 0 aliphatic heterocycles. The van der Waals surface area contributed by atoms with E-state index in [0.29, 0.717) is 21.9 Å². The lowest BCUT2D eigenvalue weighted by molar-refractivity contribution is -0.274. The lowest BCUT2D eigenvalue weighted by Crippen LogP contribution is -2.17. The van der Waals surface area contributed by atoms with Gasteiger partial charge < -0.3 is 9.72 Å². The van der Waals surface area contributed by atoms with Crippen LogP contribution in [0.15, 0.2) is 52.4 Å². The molecule has 0 aliphatic rings. The molecule has 0 bridgehead atoms. The molecule has 3 rings (SSSR count). The molecule has 11 heteroatoms. The second-order valence-electron chi connectivity index (χ2n) is 5.81. The molecule has 0 spiro atoms. The van der Waals surface area contributed by atoms with Crippen LogP contribution in [0, 0.1) is 11.3 Å². The average Bonchev–Trinajstić information content (AvgIpc) is 2.66. The SMILES string of the molecule is N#Cc1c(-c2ccc(Cl)cc2Cl)nc(SCc2ccc(OC(F)(F)F)cc2)[nH]c1=O. The molecule has 0 saturated carbocycles. The minimum atomic E-state index is -4.76. The summed E-state index contributed by atoms with van der Waals surface area (Å²) >= 11 is 13.2. The standard InChI is InChI=1S/C19H10Cl2F3N3O2S/c20-11-3-6-13(15(21)7-11)16-14(8-25)17(28)27-18(26-16)30-9-10-1-4-12(5-2-10)29-19(22,23)24/h1-7H,9H2,(H,26,27,28). The maximum Gasteiger partial charge on any atom is 0.573 e. The van der Waals surface area contributed by atoms with E-state index in [1.54, 1.807) is 12.1 Å². The molecule has 0 amide bonds. The van der Waals surface area contributed by atoms with Crippen LogP contribution >= 0.6 is 35.0 Å². The number of nitrogens with zero attached hydrogens (tertiary/aromatic N) is 2. The zero-order chi connectivity index (χ0) is 21.9. The number of nitriles is 1. The smallest absolute Gasteiger partial charge is 0.406 e. The van der Waals surface area contributed by atoms with Gasteiger partial charge in [-0.25, -0.2) is 4.98 Å². The van der Waals surface area contributed by atoms with Gasteiger partial charge >= 0.3 is 6.36 Å². The van der Waals surface area contributed by atoms with Crippen molar-refractivity contribution in [2.24, 2.45) is 0 Å². The number of halogens is 5. The number of alkyl halides is 3. The molecule has 5 nitrogen and oxygen atoms in total. The van der Waals surface area contributed by atoms with Crippen molar-refractivity contribution in [3.8, 4) is 23.1 Å². The first-order valence-electron chi connectivity index (χ1n) is 8.13. The Kier molecular flexibility index (Phi) is 6.61. The van der Waals surface area contributed by atoms with Crippen LogP contribution in [-0.4, -0.2) is 16.3 Å². The van der Waals surface area contributed by atoms with Crippen molar-refractivity contribution in [2.45, 2.75) is 17.3 Å². The highest BCUT2D eigenvalue weighted by Gasteiger charge is 2.30. The van der Waals surface area contributed by atoms with Crippen LogP contribution in [0.2, 0.25) is 10.0 Å². The van der Waals surface area contributed by atoms with Crippen LogP contribution in [0.25, 0.3) is 11.3 Å². The molecular weight excluding hydrogens is 462 g/mol. The quantitative estimate of drug-likeness (QED) is 0.375. The van der Waals surface area contributed by atoms with Gasteiger partial charge in [-0.2, -0.15) is 5.26 Å². The molecule has 30 heavy (non-hydrogen) atoms. The van der Waals surface area contributed by atoms with E-state index in [4.69, 9.17) is 23.2 Å². The van der Waals surface area contributed by atoms with Crippen molar-refractivity contribution < 1.29 is 17.9 Å². The number of aromatic nitrogens is 2. The molecule has 0 atom stereocenters. The van der Waals surface area contributed by atoms with E-state index in [9.17, 15) is 23.2 Å². The molecule has 1 heterocycles. The fourth-order valence-electron chi connectivity index (χ4n) is 2.44. The van der Waals surface area contributed by atoms with Crippen molar-refractivity contribution in [1.29, 1.82) is 5.26 Å². The van der Waals surface area contributed by atoms with Gasteiger partial charge in [-0.3, -0.25) is 4.79 Å². The summed E-state index contributed by atoms with van der Waals surface area (Å²) in [6.07, 6.45) is -4.76. The second kappa shape index (κ2) is 9.00. The van der Waals surface area contributed by atoms with Gasteiger partial charge in [0.1, 0.15) is 17.4 Å². The van der Waals surface area contributed by atoms with Crippen LogP contribution in [-0.2, 0) is 5.75 Å². The average molecular weight is 472 g/mol. The summed E-state index contributed by atoms with van der Waals surface area (Å²) in [6, 6.07) is 11.7. The first kappa shape index (κ1) is 22.0. The molecular formula is C19H10Cl2F3N3O2S. The first-order valence-corrected chi connectivity index (χ1v) is 9.88. The predicted molar refractivity (Wildman–Crippen MR) is 108 cm³/mol. The Morgan fingerprint density at radius 3 is 2.47 bits per heavy atom. The molecule has 0 unspecified atom stereocenters. The van der Waals surface area contributed by atoms with E-state index in [1.165, 1.54) is 30.3 Å². The summed E-state index contributed by atoms with van der Waals surface area (Å²) in [5.74, 6) is -0.0320. The first-order chi connectivity index (χ1) is 14.2. The summed E-state index contributed by atoms with van der Waals surface area (Å²) in [4.78, 5) is 19.2. The molecule has 0 aliphatic carbocycles. The predicted octanol–water partition coefficient (Wildman–Crippen LogP) is 5.81. The number of ether oxygens (including phenoxy) is 1. The van der Waals surface area contributed by atoms with Crippen LogP contribution in [0.1, 0.15) is 11.1 Å². The van der Waals surface area contributed by atoms with Gasteiger partial charge in [-0.05, 0) is 35.9 Å². The maximum absolute atomic E-state index is 12.3. The maximum atomic E-state index is 12.3. The fourth-order valence-corrected chi connectivity index (χ4v) is 3.75. The van der Waals surface area contributed by atoms with E-state index >= 15 is 0 Å². The van der Waals surface area contributed by atoms with E-state index < -0.39 is 11.9 Å². The Labute approximate surface area is 182 Å². The third-order valence-electron chi connectivity index (χ3n) is 3.73. The zero-order valence-electron chi connectivity index (χ0n) is 14.8. The lowest BCUT2D eigenvalue weighted by atomic mass is 10.1. The topological polar surface area (TPSA) is 78.8 Å². The zero-order valence-corrected chi connectivity index (χ0v) is 17.1. The number of aromatic amines is 1. The van der Waals surface area contributed by atoms with Crippen molar-refractivity contribution in [1.82, 2.24) is 9.97 Å². The summed E-state index contributed by atoms with van der Waals surface area (Å²) in [7, 11) is 0. The molecule has 3 aromatic rings. The van der Waals surface area contributed by atoms with Crippen LogP contribution < -0.4 is 10.3 Å². The summed E-state index contributed by atoms with van der Waals surface area (Å²) < 4.78 is 40.5. The van der Waals surface area contributed by atoms with Gasteiger partial charge in [0, 0.05) is 16.3 Å². The minimum Gasteiger partial charge on any atom is -0.406 e. The second-order valence-corrected chi connectivity index (χ2v) is 7.62. The third kappa shape index (κ3) is 5.48. The van der Waals surface area contributed by atoms with Crippen molar-refractivity contribution in [2.75, 3.05) is 0 Å². The van der Waals surface area contributed by atoms with Gasteiger partial charge in [0.15, 0.2) is 5.16 Å². The van der Waals surface area contributed by atoms with Crippen LogP contribution in [0.4, 0.5) is 13.2 Å². The van der Waals surface area contributed by atoms with Crippen LogP contribution in [0.3, 0.4) is 0 Å². The summed E-state index contributed by atoms with van der Waals surface area (Å²) in [5.41, 5.74) is 0.327. The number of H-pyrrole nitrogens is 1. The van der Waals surface area contributed by atoms with Crippen molar-refractivity contribution in [3.63, 3.8) is 0 Å². The van der Waals surface area contributed by atoms with Gasteiger partial charge in [0.05, 0.1) is 10.7 Å². The lowest BCUT2D eigenvalue weighted by Gasteiger charge is -2.10. The number of rotatable bonds is 5. The normalized spacial score (nSPS) is 11.2. The molecule has 0 fully saturated rings. The van der Waals surface area contributed by atoms with E-state index in [0.717, 1.165) is 11.8 Å². The number of hydrogen-bond donors (Lipinski definition) is 1. The number of benzene rings is 2. The van der Waals surface area contributed by atoms with Crippen LogP contribution in [0.5, 0.6) is 5.75 Å². The molecule has 154 valence electrons. The Morgan fingerprint density at radius 1 is 1.17 bits per heavy atom. The van der Waals surface area contributed by atoms with Gasteiger partial charge in [-0.15, -0.1) is 13.2 Å². The Balaban J connectivity index is 1.85. The van der Waals surface area contributed by atoms with E-state index in [-0.39, 0.29) is 27.2 Å². The Morgan fingerprint density at radius 2 is 1.87 bits per heavy atom. The van der Waals surface area contributed by atoms with Gasteiger partial charge in [0.25, 0.3) is 5.56 Å². The highest BCUT2D eigenvalue weighted by molar-refractivity contribution is 7.98. The fraction of sp³-hybridized carbons (Fsp3) is 0.105. The third-order valence-corrected chi connectivity index (χ3v) is 5.22. The summed E-state index contributed by atoms with van der Waals surface area (Å²) in [5, 5.41) is 10.2. The van der Waals surface area contributed by atoms with Gasteiger partial charge in [-0.1, -0.05) is 47.1 Å². The van der Waals surface area contributed by atoms with Gasteiger partial charge in [0.2, 0.25) is 0 Å².